The lowest BCUT2D eigenvalue weighted by Crippen LogP contribution is -2.37. The molecule has 3 rings (SSSR count). The molecule has 0 spiro atoms. The van der Waals surface area contributed by atoms with Crippen molar-refractivity contribution in [1.29, 1.82) is 5.26 Å². The molecular weight excluding hydrogens is 356 g/mol. The van der Waals surface area contributed by atoms with E-state index in [0.717, 1.165) is 47.8 Å². The van der Waals surface area contributed by atoms with Gasteiger partial charge in [-0.25, -0.2) is 4.98 Å². The van der Waals surface area contributed by atoms with Crippen LogP contribution in [-0.4, -0.2) is 31.3 Å². The highest BCUT2D eigenvalue weighted by molar-refractivity contribution is 9.10. The first kappa shape index (κ1) is 15.8. The number of anilines is 2. The van der Waals surface area contributed by atoms with Crippen LogP contribution in [0.15, 0.2) is 41.0 Å². The third-order valence-electron chi connectivity index (χ3n) is 3.75. The number of halogens is 1. The predicted octanol–water partition coefficient (Wildman–Crippen LogP) is 3.16. The lowest BCUT2D eigenvalue weighted by atomic mass is 10.1. The SMILES string of the molecule is N#Cc1cc(Br)ccc1NCc1cccnc1N1CCOCC1. The van der Waals surface area contributed by atoms with E-state index in [4.69, 9.17) is 4.74 Å². The summed E-state index contributed by atoms with van der Waals surface area (Å²) in [6.45, 7) is 3.79. The van der Waals surface area contributed by atoms with Gasteiger partial charge in [0.05, 0.1) is 24.5 Å². The smallest absolute Gasteiger partial charge is 0.133 e. The number of rotatable bonds is 4. The van der Waals surface area contributed by atoms with E-state index in [9.17, 15) is 5.26 Å². The maximum atomic E-state index is 9.25. The van der Waals surface area contributed by atoms with Gasteiger partial charge in [-0.15, -0.1) is 0 Å². The minimum absolute atomic E-state index is 0.621. The van der Waals surface area contributed by atoms with E-state index in [-0.39, 0.29) is 0 Å². The number of hydrogen-bond donors (Lipinski definition) is 1. The van der Waals surface area contributed by atoms with Gasteiger partial charge in [-0.2, -0.15) is 5.26 Å². The topological polar surface area (TPSA) is 61.2 Å². The summed E-state index contributed by atoms with van der Waals surface area (Å²) in [5, 5.41) is 12.6. The van der Waals surface area contributed by atoms with Crippen LogP contribution in [0.4, 0.5) is 11.5 Å². The highest BCUT2D eigenvalue weighted by atomic mass is 79.9. The van der Waals surface area contributed by atoms with E-state index in [1.54, 1.807) is 0 Å². The van der Waals surface area contributed by atoms with Crippen molar-refractivity contribution in [3.63, 3.8) is 0 Å². The van der Waals surface area contributed by atoms with E-state index in [2.05, 4.69) is 43.3 Å². The molecule has 1 aliphatic rings. The normalized spacial score (nSPS) is 14.3. The molecule has 1 fully saturated rings. The molecule has 1 aliphatic heterocycles. The second kappa shape index (κ2) is 7.44. The predicted molar refractivity (Wildman–Crippen MR) is 93.5 cm³/mol. The molecule has 0 saturated carbocycles. The molecule has 1 aromatic carbocycles. The maximum Gasteiger partial charge on any atom is 0.133 e. The Hall–Kier alpha value is -2.10. The fraction of sp³-hybridized carbons (Fsp3) is 0.294. The molecule has 118 valence electrons. The van der Waals surface area contributed by atoms with Crippen LogP contribution in [0.25, 0.3) is 0 Å². The van der Waals surface area contributed by atoms with Gasteiger partial charge in [-0.1, -0.05) is 22.0 Å². The first-order valence-corrected chi connectivity index (χ1v) is 8.27. The summed E-state index contributed by atoms with van der Waals surface area (Å²) in [5.41, 5.74) is 2.56. The van der Waals surface area contributed by atoms with Crippen LogP contribution in [0, 0.1) is 11.3 Å². The number of nitriles is 1. The van der Waals surface area contributed by atoms with Gasteiger partial charge in [0.2, 0.25) is 0 Å². The number of benzene rings is 1. The second-order valence-electron chi connectivity index (χ2n) is 5.24. The number of ether oxygens (including phenoxy) is 1. The van der Waals surface area contributed by atoms with Gasteiger partial charge in [-0.3, -0.25) is 0 Å². The minimum Gasteiger partial charge on any atom is -0.380 e. The summed E-state index contributed by atoms with van der Waals surface area (Å²) in [5.74, 6) is 0.985. The van der Waals surface area contributed by atoms with E-state index in [1.165, 1.54) is 0 Å². The molecule has 0 bridgehead atoms. The molecule has 2 aromatic rings. The molecule has 0 unspecified atom stereocenters. The van der Waals surface area contributed by atoms with Crippen molar-refractivity contribution < 1.29 is 4.74 Å². The first-order valence-electron chi connectivity index (χ1n) is 7.48. The van der Waals surface area contributed by atoms with Crippen molar-refractivity contribution in [3.8, 4) is 6.07 Å². The Bertz CT molecular complexity index is 723. The molecule has 1 saturated heterocycles. The molecule has 0 amide bonds. The maximum absolute atomic E-state index is 9.25. The number of nitrogens with zero attached hydrogens (tertiary/aromatic N) is 3. The summed E-state index contributed by atoms with van der Waals surface area (Å²) in [6, 6.07) is 11.9. The monoisotopic (exact) mass is 372 g/mol. The zero-order valence-corrected chi connectivity index (χ0v) is 14.2. The van der Waals surface area contributed by atoms with Gasteiger partial charge in [-0.05, 0) is 24.3 Å². The Morgan fingerprint density at radius 1 is 1.30 bits per heavy atom. The van der Waals surface area contributed by atoms with Crippen LogP contribution in [0.3, 0.4) is 0 Å². The standard InChI is InChI=1S/C17H17BrN4O/c18-15-3-4-16(14(10-15)11-19)21-12-13-2-1-5-20-17(13)22-6-8-23-9-7-22/h1-5,10,21H,6-9,12H2. The Labute approximate surface area is 144 Å². The molecule has 1 N–H and O–H groups in total. The van der Waals surface area contributed by atoms with Crippen LogP contribution < -0.4 is 10.2 Å². The number of pyridine rings is 1. The minimum atomic E-state index is 0.621. The molecule has 5 nitrogen and oxygen atoms in total. The van der Waals surface area contributed by atoms with Crippen molar-refractivity contribution in [2.45, 2.75) is 6.54 Å². The lowest BCUT2D eigenvalue weighted by Gasteiger charge is -2.29. The third kappa shape index (κ3) is 3.81. The summed E-state index contributed by atoms with van der Waals surface area (Å²) in [4.78, 5) is 6.77. The van der Waals surface area contributed by atoms with Crippen molar-refractivity contribution in [1.82, 2.24) is 4.98 Å². The molecule has 6 heteroatoms. The number of aromatic nitrogens is 1. The second-order valence-corrected chi connectivity index (χ2v) is 6.16. The summed E-state index contributed by atoms with van der Waals surface area (Å²) in [7, 11) is 0. The quantitative estimate of drug-likeness (QED) is 0.892. The van der Waals surface area contributed by atoms with E-state index >= 15 is 0 Å². The van der Waals surface area contributed by atoms with Crippen LogP contribution in [0.1, 0.15) is 11.1 Å². The van der Waals surface area contributed by atoms with E-state index in [0.29, 0.717) is 12.1 Å². The fourth-order valence-corrected chi connectivity index (χ4v) is 2.94. The van der Waals surface area contributed by atoms with Gasteiger partial charge in [0.25, 0.3) is 0 Å². The fourth-order valence-electron chi connectivity index (χ4n) is 2.58. The first-order chi connectivity index (χ1) is 11.3. The van der Waals surface area contributed by atoms with Crippen molar-refractivity contribution >= 4 is 27.4 Å². The third-order valence-corrected chi connectivity index (χ3v) is 4.24. The number of hydrogen-bond acceptors (Lipinski definition) is 5. The Kier molecular flexibility index (Phi) is 5.11. The average Bonchev–Trinajstić information content (AvgIpc) is 2.61. The lowest BCUT2D eigenvalue weighted by molar-refractivity contribution is 0.122. The van der Waals surface area contributed by atoms with E-state index in [1.807, 2.05) is 30.5 Å². The molecule has 1 aromatic heterocycles. The summed E-state index contributed by atoms with van der Waals surface area (Å²) >= 11 is 3.39. The molecule has 23 heavy (non-hydrogen) atoms. The zero-order chi connectivity index (χ0) is 16.1. The Morgan fingerprint density at radius 3 is 2.91 bits per heavy atom. The summed E-state index contributed by atoms with van der Waals surface area (Å²) < 4.78 is 6.30. The van der Waals surface area contributed by atoms with E-state index < -0.39 is 0 Å². The van der Waals surface area contributed by atoms with Crippen molar-refractivity contribution in [2.24, 2.45) is 0 Å². The van der Waals surface area contributed by atoms with Gasteiger partial charge in [0, 0.05) is 35.9 Å². The van der Waals surface area contributed by atoms with Crippen LogP contribution in [-0.2, 0) is 11.3 Å². The van der Waals surface area contributed by atoms with Crippen molar-refractivity contribution in [2.75, 3.05) is 36.5 Å². The molecule has 0 aliphatic carbocycles. The molecule has 0 radical (unpaired) electrons. The average molecular weight is 373 g/mol. The summed E-state index contributed by atoms with van der Waals surface area (Å²) in [6.07, 6.45) is 1.81. The van der Waals surface area contributed by atoms with Gasteiger partial charge >= 0.3 is 0 Å². The van der Waals surface area contributed by atoms with Crippen LogP contribution in [0.5, 0.6) is 0 Å². The molecule has 2 heterocycles. The van der Waals surface area contributed by atoms with Crippen LogP contribution >= 0.6 is 15.9 Å². The van der Waals surface area contributed by atoms with Crippen LogP contribution in [0.2, 0.25) is 0 Å². The highest BCUT2D eigenvalue weighted by Gasteiger charge is 2.15. The highest BCUT2D eigenvalue weighted by Crippen LogP contribution is 2.23. The Morgan fingerprint density at radius 2 is 2.13 bits per heavy atom. The van der Waals surface area contributed by atoms with Gasteiger partial charge < -0.3 is 15.0 Å². The van der Waals surface area contributed by atoms with Crippen molar-refractivity contribution in [3.05, 3.63) is 52.1 Å². The zero-order valence-electron chi connectivity index (χ0n) is 12.6. The number of morpholine rings is 1. The number of nitrogens with one attached hydrogen (secondary N) is 1. The Balaban J connectivity index is 1.77. The molecule has 0 atom stereocenters. The molecular formula is C17H17BrN4O. The van der Waals surface area contributed by atoms with Gasteiger partial charge in [0.1, 0.15) is 11.9 Å². The van der Waals surface area contributed by atoms with Gasteiger partial charge in [0.15, 0.2) is 0 Å². The largest absolute Gasteiger partial charge is 0.380 e.